The number of nitrogens with zero attached hydrogens (tertiary/aromatic N) is 2. The molecule has 4 aromatic carbocycles. The van der Waals surface area contributed by atoms with Crippen molar-refractivity contribution in [2.45, 2.75) is 71.0 Å². The summed E-state index contributed by atoms with van der Waals surface area (Å²) in [5, 5.41) is 3.02. The highest BCUT2D eigenvalue weighted by Gasteiger charge is 2.35. The smallest absolute Gasteiger partial charge is 0.264 e. The average Bonchev–Trinajstić information content (AvgIpc) is 3.03. The first-order valence-corrected chi connectivity index (χ1v) is 16.9. The van der Waals surface area contributed by atoms with Gasteiger partial charge in [0.25, 0.3) is 10.0 Å². The number of nitrogens with one attached hydrogen (secondary N) is 1. The van der Waals surface area contributed by atoms with Crippen LogP contribution < -0.4 is 9.62 Å². The largest absolute Gasteiger partial charge is 0.352 e. The molecule has 0 aliphatic carbocycles. The SMILES string of the molecule is CC[C@H](C)NC(=O)[C@@H](Cc1ccccc1)N(Cc1ccc(F)cc1)C(=O)CN(c1ccc(C)cc1C)S(=O)(=O)c1ccc(C)cc1. The van der Waals surface area contributed by atoms with Crippen LogP contribution in [-0.4, -0.2) is 43.8 Å². The molecule has 9 heteroatoms. The van der Waals surface area contributed by atoms with Crippen LogP contribution in [0.2, 0.25) is 0 Å². The van der Waals surface area contributed by atoms with Crippen LogP contribution in [0.15, 0.2) is 102 Å². The summed E-state index contributed by atoms with van der Waals surface area (Å²) >= 11 is 0. The van der Waals surface area contributed by atoms with E-state index in [2.05, 4.69) is 5.32 Å². The van der Waals surface area contributed by atoms with Crippen LogP contribution in [0.4, 0.5) is 10.1 Å². The normalized spacial score (nSPS) is 12.7. The summed E-state index contributed by atoms with van der Waals surface area (Å²) in [6.45, 7) is 8.84. The van der Waals surface area contributed by atoms with Gasteiger partial charge in [0.1, 0.15) is 18.4 Å². The molecule has 4 rings (SSSR count). The molecule has 2 atom stereocenters. The van der Waals surface area contributed by atoms with E-state index in [1.165, 1.54) is 29.2 Å². The molecule has 0 fully saturated rings. The van der Waals surface area contributed by atoms with Gasteiger partial charge in [-0.25, -0.2) is 12.8 Å². The first-order valence-electron chi connectivity index (χ1n) is 15.4. The van der Waals surface area contributed by atoms with Crippen LogP contribution in [0.5, 0.6) is 0 Å². The lowest BCUT2D eigenvalue weighted by Crippen LogP contribution is -2.54. The molecule has 0 saturated carbocycles. The average molecular weight is 644 g/mol. The molecule has 0 radical (unpaired) electrons. The standard InChI is InChI=1S/C37H42FN3O4S/c1-6-29(5)39-37(43)35(23-30-10-8-7-9-11-30)40(24-31-15-17-32(38)18-16-31)36(42)25-41(34-21-14-27(3)22-28(34)4)46(44,45)33-19-12-26(2)13-20-33/h7-22,29,35H,6,23-25H2,1-5H3,(H,39,43)/t29-,35+/m0/s1. The molecule has 0 aliphatic heterocycles. The zero-order valence-electron chi connectivity index (χ0n) is 27.0. The number of amides is 2. The van der Waals surface area contributed by atoms with Gasteiger partial charge in [0.05, 0.1) is 10.6 Å². The zero-order valence-corrected chi connectivity index (χ0v) is 27.9. The predicted molar refractivity (Wildman–Crippen MR) is 180 cm³/mol. The Morgan fingerprint density at radius 3 is 2.07 bits per heavy atom. The monoisotopic (exact) mass is 643 g/mol. The molecule has 0 aromatic heterocycles. The zero-order chi connectivity index (χ0) is 33.4. The summed E-state index contributed by atoms with van der Waals surface area (Å²) in [5.41, 5.74) is 4.33. The van der Waals surface area contributed by atoms with Gasteiger partial charge < -0.3 is 10.2 Å². The molecule has 0 bridgehead atoms. The summed E-state index contributed by atoms with van der Waals surface area (Å²) in [6.07, 6.45) is 0.884. The van der Waals surface area contributed by atoms with Crippen LogP contribution in [0.3, 0.4) is 0 Å². The van der Waals surface area contributed by atoms with Gasteiger partial charge in [0.15, 0.2) is 0 Å². The van der Waals surface area contributed by atoms with Crippen molar-refractivity contribution >= 4 is 27.5 Å². The fourth-order valence-corrected chi connectivity index (χ4v) is 6.70. The maximum absolute atomic E-state index is 14.6. The highest BCUT2D eigenvalue weighted by Crippen LogP contribution is 2.29. The summed E-state index contributed by atoms with van der Waals surface area (Å²) in [7, 11) is -4.21. The molecule has 2 amide bonds. The Labute approximate surface area is 272 Å². The Balaban J connectivity index is 1.83. The van der Waals surface area contributed by atoms with E-state index >= 15 is 0 Å². The van der Waals surface area contributed by atoms with Crippen molar-refractivity contribution in [2.75, 3.05) is 10.8 Å². The minimum Gasteiger partial charge on any atom is -0.352 e. The maximum atomic E-state index is 14.6. The van der Waals surface area contributed by atoms with Crippen molar-refractivity contribution in [2.24, 2.45) is 0 Å². The fourth-order valence-electron chi connectivity index (χ4n) is 5.22. The Morgan fingerprint density at radius 1 is 0.826 bits per heavy atom. The minimum atomic E-state index is -4.21. The number of hydrogen-bond acceptors (Lipinski definition) is 4. The van der Waals surface area contributed by atoms with Gasteiger partial charge in [-0.15, -0.1) is 0 Å². The van der Waals surface area contributed by atoms with Crippen molar-refractivity contribution in [1.29, 1.82) is 0 Å². The highest BCUT2D eigenvalue weighted by atomic mass is 32.2. The first kappa shape index (κ1) is 34.4. The molecule has 0 aliphatic rings. The van der Waals surface area contributed by atoms with Crippen molar-refractivity contribution in [3.63, 3.8) is 0 Å². The molecule has 1 N–H and O–H groups in total. The van der Waals surface area contributed by atoms with E-state index in [0.29, 0.717) is 23.2 Å². The van der Waals surface area contributed by atoms with Crippen LogP contribution in [0.25, 0.3) is 0 Å². The number of rotatable bonds is 13. The molecule has 4 aromatic rings. The number of carbonyl (C=O) groups is 2. The molecule has 0 unspecified atom stereocenters. The Kier molecular flexibility index (Phi) is 11.4. The van der Waals surface area contributed by atoms with Gasteiger partial charge >= 0.3 is 0 Å². The third kappa shape index (κ3) is 8.60. The summed E-state index contributed by atoms with van der Waals surface area (Å²) < 4.78 is 43.5. The van der Waals surface area contributed by atoms with Gasteiger partial charge in [-0.1, -0.05) is 84.8 Å². The Hall–Kier alpha value is -4.50. The molecule has 242 valence electrons. The Bertz CT molecular complexity index is 1740. The lowest BCUT2D eigenvalue weighted by atomic mass is 10.0. The number of hydrogen-bond donors (Lipinski definition) is 1. The molecule has 0 heterocycles. The second-order valence-corrected chi connectivity index (χ2v) is 13.6. The number of sulfonamides is 1. The van der Waals surface area contributed by atoms with E-state index in [4.69, 9.17) is 0 Å². The maximum Gasteiger partial charge on any atom is 0.264 e. The fraction of sp³-hybridized carbons (Fsp3) is 0.297. The highest BCUT2D eigenvalue weighted by molar-refractivity contribution is 7.92. The van der Waals surface area contributed by atoms with Crippen LogP contribution >= 0.6 is 0 Å². The lowest BCUT2D eigenvalue weighted by Gasteiger charge is -2.34. The van der Waals surface area contributed by atoms with Gasteiger partial charge in [-0.2, -0.15) is 0 Å². The van der Waals surface area contributed by atoms with E-state index in [1.807, 2.05) is 64.1 Å². The van der Waals surface area contributed by atoms with E-state index in [1.54, 1.807) is 43.3 Å². The number of carbonyl (C=O) groups excluding carboxylic acids is 2. The Morgan fingerprint density at radius 2 is 1.46 bits per heavy atom. The van der Waals surface area contributed by atoms with Crippen LogP contribution in [-0.2, 0) is 32.6 Å². The number of halogens is 1. The third-order valence-electron chi connectivity index (χ3n) is 8.05. The van der Waals surface area contributed by atoms with Crippen molar-refractivity contribution in [1.82, 2.24) is 10.2 Å². The number of benzene rings is 4. The quantitative estimate of drug-likeness (QED) is 0.180. The molecule has 0 saturated heterocycles. The number of aryl methyl sites for hydroxylation is 3. The molecular weight excluding hydrogens is 601 g/mol. The second-order valence-electron chi connectivity index (χ2n) is 11.8. The van der Waals surface area contributed by atoms with Crippen molar-refractivity contribution in [3.05, 3.63) is 131 Å². The minimum absolute atomic E-state index is 0.0319. The third-order valence-corrected chi connectivity index (χ3v) is 9.82. The molecule has 46 heavy (non-hydrogen) atoms. The number of anilines is 1. The molecule has 7 nitrogen and oxygen atoms in total. The van der Waals surface area contributed by atoms with E-state index in [-0.39, 0.29) is 29.8 Å². The van der Waals surface area contributed by atoms with Gasteiger partial charge in [0, 0.05) is 19.0 Å². The van der Waals surface area contributed by atoms with Gasteiger partial charge in [-0.05, 0) is 81.1 Å². The summed E-state index contributed by atoms with van der Waals surface area (Å²) in [5.74, 6) is -1.35. The van der Waals surface area contributed by atoms with E-state index < -0.39 is 34.3 Å². The summed E-state index contributed by atoms with van der Waals surface area (Å²) in [6, 6.07) is 25.8. The van der Waals surface area contributed by atoms with E-state index in [0.717, 1.165) is 21.0 Å². The van der Waals surface area contributed by atoms with Gasteiger partial charge in [0.2, 0.25) is 11.8 Å². The lowest BCUT2D eigenvalue weighted by molar-refractivity contribution is -0.140. The topological polar surface area (TPSA) is 86.8 Å². The molecule has 0 spiro atoms. The summed E-state index contributed by atoms with van der Waals surface area (Å²) in [4.78, 5) is 29.9. The first-order chi connectivity index (χ1) is 21.9. The van der Waals surface area contributed by atoms with E-state index in [9.17, 15) is 22.4 Å². The van der Waals surface area contributed by atoms with Crippen LogP contribution in [0.1, 0.15) is 48.1 Å². The second kappa shape index (κ2) is 15.2. The van der Waals surface area contributed by atoms with Gasteiger partial charge in [-0.3, -0.25) is 13.9 Å². The van der Waals surface area contributed by atoms with Crippen molar-refractivity contribution < 1.29 is 22.4 Å². The molecular formula is C37H42FN3O4S. The van der Waals surface area contributed by atoms with Crippen LogP contribution in [0, 0.1) is 26.6 Å². The van der Waals surface area contributed by atoms with Crippen molar-refractivity contribution in [3.8, 4) is 0 Å². The predicted octanol–water partition coefficient (Wildman–Crippen LogP) is 6.50.